The average Bonchev–Trinajstić information content (AvgIpc) is 4.27. The molecule has 4 aliphatic rings. The SMILES string of the molecule is COC(=O)N[C@@H](C1CCOCC1)C(C)C(=O)N1C[C@H](F)C[C@H]1c1ncc(-c2ccc3c(c2)cc2n3C(c3ccc(C)o3)Oc3cc(-c4cnc([C@@H]5CCCN(C(=O)[C@@H](NC(=O)OC)C(C)C)S5)[nH]4)ccc3-2)[nH]1. The van der Waals surface area contributed by atoms with Crippen molar-refractivity contribution in [3.63, 3.8) is 0 Å². The topological polar surface area (TPSA) is 211 Å². The second-order valence-electron chi connectivity index (χ2n) is 19.4. The summed E-state index contributed by atoms with van der Waals surface area (Å²) < 4.78 is 47.5. The van der Waals surface area contributed by atoms with E-state index in [2.05, 4.69) is 37.3 Å². The number of carbonyl (C=O) groups excluding carboxylic acids is 4. The molecule has 18 nitrogen and oxygen atoms in total. The van der Waals surface area contributed by atoms with Gasteiger partial charge in [0.05, 0.1) is 73.0 Å². The zero-order valence-corrected chi connectivity index (χ0v) is 41.9. The molecule has 4 aromatic heterocycles. The van der Waals surface area contributed by atoms with Crippen molar-refractivity contribution in [1.29, 1.82) is 0 Å². The summed E-state index contributed by atoms with van der Waals surface area (Å²) in [5.41, 5.74) is 5.96. The van der Waals surface area contributed by atoms with E-state index in [0.717, 1.165) is 63.4 Å². The molecule has 0 spiro atoms. The van der Waals surface area contributed by atoms with Crippen LogP contribution in [0.15, 0.2) is 71.4 Å². The second kappa shape index (κ2) is 20.4. The lowest BCUT2D eigenvalue weighted by Crippen LogP contribution is -2.51. The first-order chi connectivity index (χ1) is 34.8. The molecule has 2 unspecified atom stereocenters. The third-order valence-corrected chi connectivity index (χ3v) is 15.8. The van der Waals surface area contributed by atoms with Gasteiger partial charge in [0.1, 0.15) is 35.4 Å². The Bertz CT molecular complexity index is 2980. The van der Waals surface area contributed by atoms with Gasteiger partial charge >= 0.3 is 12.2 Å². The number of likely N-dealkylation sites (tertiary alicyclic amines) is 1. The van der Waals surface area contributed by atoms with Gasteiger partial charge in [0.2, 0.25) is 12.1 Å². The molecule has 6 aromatic rings. The van der Waals surface area contributed by atoms with E-state index in [0.29, 0.717) is 55.6 Å². The van der Waals surface area contributed by atoms with E-state index in [-0.39, 0.29) is 41.9 Å². The molecule has 2 aromatic carbocycles. The second-order valence-corrected chi connectivity index (χ2v) is 20.7. The summed E-state index contributed by atoms with van der Waals surface area (Å²) in [5.74, 6) is 2.07. The molecular formula is C52H60FN9O9S. The minimum atomic E-state index is -1.24. The smallest absolute Gasteiger partial charge is 0.407 e. The van der Waals surface area contributed by atoms with E-state index in [9.17, 15) is 19.2 Å². The zero-order chi connectivity index (χ0) is 50.4. The van der Waals surface area contributed by atoms with Crippen molar-refractivity contribution in [2.45, 2.75) is 95.6 Å². The quantitative estimate of drug-likeness (QED) is 0.0847. The first-order valence-electron chi connectivity index (χ1n) is 24.6. The third-order valence-electron chi connectivity index (χ3n) is 14.4. The molecule has 8 heterocycles. The Balaban J connectivity index is 0.904. The van der Waals surface area contributed by atoms with Crippen molar-refractivity contribution < 1.29 is 46.9 Å². The number of aryl methyl sites for hydroxylation is 1. The summed E-state index contributed by atoms with van der Waals surface area (Å²) >= 11 is 1.42. The molecular weight excluding hydrogens is 946 g/mol. The number of rotatable bonds is 12. The van der Waals surface area contributed by atoms with Crippen molar-refractivity contribution in [3.05, 3.63) is 90.2 Å². The Hall–Kier alpha value is -6.80. The van der Waals surface area contributed by atoms with E-state index in [1.165, 1.54) is 26.2 Å². The summed E-state index contributed by atoms with van der Waals surface area (Å²) in [6, 6.07) is 16.3. The minimum Gasteiger partial charge on any atom is -0.462 e. The number of furan rings is 1. The Morgan fingerprint density at radius 3 is 2.29 bits per heavy atom. The number of ether oxygens (including phenoxy) is 4. The van der Waals surface area contributed by atoms with Gasteiger partial charge in [-0.3, -0.25) is 18.5 Å². The van der Waals surface area contributed by atoms with Crippen LogP contribution in [-0.4, -0.2) is 116 Å². The molecule has 380 valence electrons. The molecule has 3 saturated heterocycles. The van der Waals surface area contributed by atoms with Crippen LogP contribution in [-0.2, 0) is 23.8 Å². The number of alkyl carbamates (subject to hydrolysis) is 2. The van der Waals surface area contributed by atoms with Crippen LogP contribution in [0, 0.1) is 24.7 Å². The molecule has 3 fully saturated rings. The molecule has 0 saturated carbocycles. The highest BCUT2D eigenvalue weighted by atomic mass is 32.2. The van der Waals surface area contributed by atoms with Gasteiger partial charge in [-0.2, -0.15) is 0 Å². The summed E-state index contributed by atoms with van der Waals surface area (Å²) in [6.45, 7) is 9.01. The number of hydrogen-bond donors (Lipinski definition) is 4. The number of halogens is 1. The van der Waals surface area contributed by atoms with Crippen LogP contribution >= 0.6 is 11.9 Å². The maximum Gasteiger partial charge on any atom is 0.407 e. The van der Waals surface area contributed by atoms with Crippen molar-refractivity contribution in [1.82, 2.24) is 44.3 Å². The fraction of sp³-hybridized carbons (Fsp3) is 0.462. The average molecular weight is 1010 g/mol. The van der Waals surface area contributed by atoms with Crippen LogP contribution in [0.25, 0.3) is 44.7 Å². The Morgan fingerprint density at radius 2 is 1.57 bits per heavy atom. The van der Waals surface area contributed by atoms with E-state index in [4.69, 9.17) is 33.3 Å². The predicted octanol–water partition coefficient (Wildman–Crippen LogP) is 9.02. The monoisotopic (exact) mass is 1010 g/mol. The Labute approximate surface area is 420 Å². The lowest BCUT2D eigenvalue weighted by atomic mass is 9.83. The van der Waals surface area contributed by atoms with Crippen molar-refractivity contribution in [2.24, 2.45) is 17.8 Å². The van der Waals surface area contributed by atoms with Crippen LogP contribution in [0.5, 0.6) is 5.75 Å². The Kier molecular flexibility index (Phi) is 13.8. The van der Waals surface area contributed by atoms with Crippen LogP contribution in [0.2, 0.25) is 0 Å². The number of carbonyl (C=O) groups is 4. The fourth-order valence-electron chi connectivity index (χ4n) is 10.6. The standard InChI is InChI=1S/C52H60FN9O9S/c1-27(2)44(58-51(65)67-5)49(64)61-17-7-8-43(72-61)47-55-25-37(57-47)32-10-12-35-39-21-33-20-31(11-13-38(33)62(39)50(71-42(35)22-32)41-14-9-28(3)70-41)36-24-54-46(56-36)40-23-34(53)26-60(40)48(63)29(4)45(59-52(66)68-6)30-15-18-69-19-16-30/h9-14,20-22,24-25,27,29-30,34,40,43-45,50H,7-8,15-19,23,26H2,1-6H3,(H,54,56)(H,55,57)(H,58,65)(H,59,66)/t29?,34-,40+,43+,44+,45-,50?/m1/s1. The van der Waals surface area contributed by atoms with Gasteiger partial charge in [0, 0.05) is 54.3 Å². The third kappa shape index (κ3) is 9.53. The maximum absolute atomic E-state index is 15.3. The van der Waals surface area contributed by atoms with Gasteiger partial charge in [-0.05, 0) is 98.9 Å². The zero-order valence-electron chi connectivity index (χ0n) is 41.1. The summed E-state index contributed by atoms with van der Waals surface area (Å²) in [4.78, 5) is 70.4. The number of aromatic nitrogens is 5. The van der Waals surface area contributed by atoms with Gasteiger partial charge in [0.15, 0.2) is 5.76 Å². The molecule has 7 atom stereocenters. The van der Waals surface area contributed by atoms with Crippen molar-refractivity contribution in [2.75, 3.05) is 40.5 Å². The lowest BCUT2D eigenvalue weighted by molar-refractivity contribution is -0.138. The number of benzene rings is 2. The highest BCUT2D eigenvalue weighted by molar-refractivity contribution is 7.97. The molecule has 0 aliphatic carbocycles. The van der Waals surface area contributed by atoms with Gasteiger partial charge < -0.3 is 48.9 Å². The highest BCUT2D eigenvalue weighted by Gasteiger charge is 2.43. The minimum absolute atomic E-state index is 0.000219. The number of alkyl halides is 1. The number of nitrogens with one attached hydrogen (secondary N) is 4. The van der Waals surface area contributed by atoms with E-state index in [1.54, 1.807) is 28.5 Å². The molecule has 4 N–H and O–H groups in total. The Morgan fingerprint density at radius 1 is 0.861 bits per heavy atom. The number of imidazole rings is 2. The summed E-state index contributed by atoms with van der Waals surface area (Å²) in [7, 11) is 2.58. The largest absolute Gasteiger partial charge is 0.462 e. The van der Waals surface area contributed by atoms with Crippen molar-refractivity contribution >= 4 is 46.9 Å². The molecule has 4 amide bonds. The summed E-state index contributed by atoms with van der Waals surface area (Å²) in [5, 5.41) is 6.43. The number of fused-ring (bicyclic) bond motifs is 5. The molecule has 10 rings (SSSR count). The lowest BCUT2D eigenvalue weighted by Gasteiger charge is -2.36. The van der Waals surface area contributed by atoms with Crippen molar-refractivity contribution in [3.8, 4) is 39.5 Å². The number of H-pyrrole nitrogens is 2. The van der Waals surface area contributed by atoms with Gasteiger partial charge in [-0.25, -0.2) is 23.9 Å². The number of hydrogen-bond acceptors (Lipinski definition) is 12. The van der Waals surface area contributed by atoms with Gasteiger partial charge in [-0.15, -0.1) is 0 Å². The van der Waals surface area contributed by atoms with Crippen LogP contribution < -0.4 is 15.4 Å². The number of nitrogens with zero attached hydrogens (tertiary/aromatic N) is 5. The van der Waals surface area contributed by atoms with E-state index in [1.807, 2.05) is 63.2 Å². The van der Waals surface area contributed by atoms with Gasteiger partial charge in [-0.1, -0.05) is 32.9 Å². The van der Waals surface area contributed by atoms with Crippen LogP contribution in [0.3, 0.4) is 0 Å². The molecule has 20 heteroatoms. The number of aromatic amines is 2. The van der Waals surface area contributed by atoms with E-state index >= 15 is 4.39 Å². The molecule has 0 bridgehead atoms. The van der Waals surface area contributed by atoms with Crippen LogP contribution in [0.4, 0.5) is 14.0 Å². The van der Waals surface area contributed by atoms with E-state index < -0.39 is 48.6 Å². The number of methoxy groups -OCH3 is 2. The summed E-state index contributed by atoms with van der Waals surface area (Å²) in [6.07, 6.45) is 3.46. The predicted molar refractivity (Wildman–Crippen MR) is 266 cm³/mol. The molecule has 72 heavy (non-hydrogen) atoms. The fourth-order valence-corrected chi connectivity index (χ4v) is 11.9. The highest BCUT2D eigenvalue weighted by Crippen LogP contribution is 2.47. The van der Waals surface area contributed by atoms with Gasteiger partial charge in [0.25, 0.3) is 5.91 Å². The first kappa shape index (κ1) is 48.8. The number of amides is 4. The first-order valence-corrected chi connectivity index (χ1v) is 25.4. The molecule has 0 radical (unpaired) electrons. The van der Waals surface area contributed by atoms with Crippen LogP contribution in [0.1, 0.15) is 93.6 Å². The maximum atomic E-state index is 15.3. The normalized spacial score (nSPS) is 21.4. The molecule has 4 aliphatic heterocycles.